The summed E-state index contributed by atoms with van der Waals surface area (Å²) >= 11 is 0. The van der Waals surface area contributed by atoms with Gasteiger partial charge in [0.1, 0.15) is 5.82 Å². The molecule has 1 aliphatic carbocycles. The Labute approximate surface area is 190 Å². The number of hydrogen-bond donors (Lipinski definition) is 1. The fourth-order valence-electron chi connectivity index (χ4n) is 5.60. The van der Waals surface area contributed by atoms with E-state index in [1.807, 2.05) is 23.2 Å². The van der Waals surface area contributed by atoms with E-state index in [0.29, 0.717) is 6.54 Å². The predicted molar refractivity (Wildman–Crippen MR) is 126 cm³/mol. The van der Waals surface area contributed by atoms with Gasteiger partial charge in [0, 0.05) is 18.6 Å². The first-order valence-corrected chi connectivity index (χ1v) is 11.6. The Hall–Kier alpha value is -2.64. The van der Waals surface area contributed by atoms with Crippen molar-refractivity contribution < 1.29 is 9.53 Å². The number of carbonyl (C=O) groups is 1. The summed E-state index contributed by atoms with van der Waals surface area (Å²) in [5.41, 5.74) is 2.08. The fraction of sp³-hybridized carbons (Fsp3) is 0.520. The van der Waals surface area contributed by atoms with Crippen molar-refractivity contribution in [1.82, 2.24) is 15.2 Å². The third kappa shape index (κ3) is 3.73. The van der Waals surface area contributed by atoms with Gasteiger partial charge in [-0.15, -0.1) is 0 Å². The summed E-state index contributed by atoms with van der Waals surface area (Å²) in [6.07, 6.45) is 5.79. The van der Waals surface area contributed by atoms with E-state index in [9.17, 15) is 4.79 Å². The van der Waals surface area contributed by atoms with Gasteiger partial charge in [-0.2, -0.15) is 0 Å². The molecule has 2 aromatic rings. The molecule has 32 heavy (non-hydrogen) atoms. The topological polar surface area (TPSA) is 60.9 Å². The summed E-state index contributed by atoms with van der Waals surface area (Å²) < 4.78 is 5.43. The van der Waals surface area contributed by atoms with E-state index in [2.05, 4.69) is 64.5 Å². The summed E-state index contributed by atoms with van der Waals surface area (Å²) in [6.45, 7) is 3.88. The number of nitrogens with one attached hydrogen (secondary N) is 1. The number of aromatic nitrogens is 1. The normalized spacial score (nSPS) is 28.4. The average molecular weight is 436 g/mol. The molecule has 0 bridgehead atoms. The van der Waals surface area contributed by atoms with Crippen molar-refractivity contribution in [2.24, 2.45) is 0 Å². The Balaban J connectivity index is 1.30. The van der Waals surface area contributed by atoms with Crippen molar-refractivity contribution in [3.63, 3.8) is 0 Å². The van der Waals surface area contributed by atoms with Gasteiger partial charge in [-0.3, -0.25) is 9.80 Å². The number of hydrogen-bond acceptors (Lipinski definition) is 5. The standard InChI is InChI=1S/C25H33N5O2/c1-28(2)25(20-6-4-3-5-7-20)12-10-24(11-13-25)19-30(23(31)27-24)21-8-9-22(26-18-21)29-14-16-32-17-15-29/h3-9,18H,10-17,19H2,1-2H3,(H,27,31). The molecule has 5 rings (SSSR count). The van der Waals surface area contributed by atoms with Crippen molar-refractivity contribution in [2.45, 2.75) is 36.8 Å². The zero-order valence-electron chi connectivity index (χ0n) is 19.1. The molecule has 1 N–H and O–H groups in total. The number of morpholine rings is 1. The van der Waals surface area contributed by atoms with Gasteiger partial charge in [-0.05, 0) is 57.5 Å². The number of nitrogens with zero attached hydrogens (tertiary/aromatic N) is 4. The van der Waals surface area contributed by atoms with E-state index in [4.69, 9.17) is 4.74 Å². The van der Waals surface area contributed by atoms with Gasteiger partial charge in [0.15, 0.2) is 0 Å². The molecular weight excluding hydrogens is 402 g/mol. The van der Waals surface area contributed by atoms with E-state index >= 15 is 0 Å². The highest BCUT2D eigenvalue weighted by atomic mass is 16.5. The fourth-order valence-corrected chi connectivity index (χ4v) is 5.60. The summed E-state index contributed by atoms with van der Waals surface area (Å²) in [5, 5.41) is 3.34. The summed E-state index contributed by atoms with van der Waals surface area (Å²) in [7, 11) is 4.35. The quantitative estimate of drug-likeness (QED) is 0.799. The van der Waals surface area contributed by atoms with Crippen LogP contribution in [0.25, 0.3) is 0 Å². The van der Waals surface area contributed by atoms with E-state index in [1.54, 1.807) is 0 Å². The third-order valence-corrected chi connectivity index (χ3v) is 7.66. The van der Waals surface area contributed by atoms with Crippen molar-refractivity contribution in [2.75, 3.05) is 56.7 Å². The molecule has 0 unspecified atom stereocenters. The second-order valence-corrected chi connectivity index (χ2v) is 9.56. The molecule has 0 radical (unpaired) electrons. The molecule has 1 aromatic heterocycles. The maximum Gasteiger partial charge on any atom is 0.322 e. The maximum absolute atomic E-state index is 12.9. The second kappa shape index (κ2) is 8.37. The van der Waals surface area contributed by atoms with Crippen LogP contribution >= 0.6 is 0 Å². The van der Waals surface area contributed by atoms with Gasteiger partial charge in [0.05, 0.1) is 37.2 Å². The van der Waals surface area contributed by atoms with Crippen LogP contribution in [-0.4, -0.2) is 68.4 Å². The molecule has 170 valence electrons. The lowest BCUT2D eigenvalue weighted by Gasteiger charge is -2.48. The van der Waals surface area contributed by atoms with E-state index in [0.717, 1.165) is 63.5 Å². The van der Waals surface area contributed by atoms with Crippen molar-refractivity contribution in [3.8, 4) is 0 Å². The second-order valence-electron chi connectivity index (χ2n) is 9.56. The number of urea groups is 1. The first-order valence-electron chi connectivity index (χ1n) is 11.6. The van der Waals surface area contributed by atoms with Crippen LogP contribution in [0, 0.1) is 0 Å². The number of benzene rings is 1. The number of pyridine rings is 1. The summed E-state index contributed by atoms with van der Waals surface area (Å²) in [4.78, 5) is 24.0. The van der Waals surface area contributed by atoms with Gasteiger partial charge < -0.3 is 15.0 Å². The summed E-state index contributed by atoms with van der Waals surface area (Å²) in [6, 6.07) is 14.8. The van der Waals surface area contributed by atoms with Crippen LogP contribution in [0.15, 0.2) is 48.7 Å². The molecule has 2 amide bonds. The average Bonchev–Trinajstić information content (AvgIpc) is 3.16. The van der Waals surface area contributed by atoms with E-state index in [1.165, 1.54) is 5.56 Å². The van der Waals surface area contributed by atoms with Crippen LogP contribution < -0.4 is 15.1 Å². The number of anilines is 2. The Morgan fingerprint density at radius 3 is 2.34 bits per heavy atom. The van der Waals surface area contributed by atoms with Crippen molar-refractivity contribution >= 4 is 17.5 Å². The molecule has 1 spiro atoms. The first-order chi connectivity index (χ1) is 15.5. The van der Waals surface area contributed by atoms with E-state index in [-0.39, 0.29) is 17.1 Å². The number of amides is 2. The van der Waals surface area contributed by atoms with Gasteiger partial charge in [0.25, 0.3) is 0 Å². The molecule has 7 heteroatoms. The maximum atomic E-state index is 12.9. The van der Waals surface area contributed by atoms with Crippen LogP contribution in [0.2, 0.25) is 0 Å². The van der Waals surface area contributed by atoms with Crippen LogP contribution in [0.1, 0.15) is 31.2 Å². The minimum Gasteiger partial charge on any atom is -0.378 e. The van der Waals surface area contributed by atoms with Crippen LogP contribution in [0.4, 0.5) is 16.3 Å². The molecule has 3 fully saturated rings. The van der Waals surface area contributed by atoms with Crippen LogP contribution in [-0.2, 0) is 10.3 Å². The molecule has 1 saturated carbocycles. The number of rotatable bonds is 4. The lowest BCUT2D eigenvalue weighted by molar-refractivity contribution is 0.0658. The van der Waals surface area contributed by atoms with Gasteiger partial charge >= 0.3 is 6.03 Å². The van der Waals surface area contributed by atoms with Gasteiger partial charge in [-0.25, -0.2) is 9.78 Å². The molecule has 2 aliphatic heterocycles. The van der Waals surface area contributed by atoms with E-state index < -0.39 is 0 Å². The molecular formula is C25H33N5O2. The molecule has 1 aromatic carbocycles. The minimum absolute atomic E-state index is 0.0111. The lowest BCUT2D eigenvalue weighted by atomic mass is 9.69. The molecule has 0 atom stereocenters. The lowest BCUT2D eigenvalue weighted by Crippen LogP contribution is -2.54. The highest BCUT2D eigenvalue weighted by Gasteiger charge is 2.50. The highest BCUT2D eigenvalue weighted by Crippen LogP contribution is 2.46. The third-order valence-electron chi connectivity index (χ3n) is 7.66. The number of carbonyl (C=O) groups excluding carboxylic acids is 1. The zero-order valence-corrected chi connectivity index (χ0v) is 19.1. The molecule has 7 nitrogen and oxygen atoms in total. The highest BCUT2D eigenvalue weighted by molar-refractivity contribution is 5.95. The van der Waals surface area contributed by atoms with Crippen molar-refractivity contribution in [1.29, 1.82) is 0 Å². The largest absolute Gasteiger partial charge is 0.378 e. The van der Waals surface area contributed by atoms with Crippen molar-refractivity contribution in [3.05, 3.63) is 54.2 Å². The predicted octanol–water partition coefficient (Wildman–Crippen LogP) is 3.22. The summed E-state index contributed by atoms with van der Waals surface area (Å²) in [5.74, 6) is 0.947. The number of ether oxygens (including phenoxy) is 1. The van der Waals surface area contributed by atoms with Gasteiger partial charge in [0.2, 0.25) is 0 Å². The molecule has 3 aliphatic rings. The zero-order chi connectivity index (χ0) is 22.2. The monoisotopic (exact) mass is 435 g/mol. The van der Waals surface area contributed by atoms with Gasteiger partial charge in [-0.1, -0.05) is 30.3 Å². The minimum atomic E-state index is -0.172. The smallest absolute Gasteiger partial charge is 0.322 e. The Kier molecular flexibility index (Phi) is 5.55. The van der Waals surface area contributed by atoms with Crippen LogP contribution in [0.3, 0.4) is 0 Å². The Morgan fingerprint density at radius 1 is 1.00 bits per heavy atom. The Morgan fingerprint density at radius 2 is 1.72 bits per heavy atom. The Bertz CT molecular complexity index is 933. The first kappa shape index (κ1) is 21.2. The SMILES string of the molecule is CN(C)C1(c2ccccc2)CCC2(CC1)CN(c1ccc(N3CCOCC3)nc1)C(=O)N2. The van der Waals surface area contributed by atoms with Crippen LogP contribution in [0.5, 0.6) is 0 Å². The molecule has 2 saturated heterocycles. The molecule has 3 heterocycles.